The van der Waals surface area contributed by atoms with Crippen LogP contribution < -0.4 is 5.32 Å². The quantitative estimate of drug-likeness (QED) is 0.909. The number of nitrogens with one attached hydrogen (secondary N) is 1. The summed E-state index contributed by atoms with van der Waals surface area (Å²) in [5, 5.41) is 12.4. The number of anilines is 1. The van der Waals surface area contributed by atoms with Gasteiger partial charge in [0.1, 0.15) is 11.9 Å². The lowest BCUT2D eigenvalue weighted by Gasteiger charge is -2.09. The summed E-state index contributed by atoms with van der Waals surface area (Å²) in [6, 6.07) is 11.5. The Hall–Kier alpha value is -1.57. The fraction of sp³-hybridized carbons (Fsp3) is 0.143. The van der Waals surface area contributed by atoms with Gasteiger partial charge < -0.3 is 5.32 Å². The monoisotopic (exact) mass is 335 g/mol. The molecule has 0 saturated heterocycles. The first-order valence-electron chi connectivity index (χ1n) is 5.65. The highest BCUT2D eigenvalue weighted by Gasteiger charge is 2.04. The summed E-state index contributed by atoms with van der Waals surface area (Å²) in [6.45, 7) is 2.70. The number of nitriles is 1. The molecule has 1 aromatic carbocycles. The molecule has 0 aliphatic heterocycles. The molecular weight excluding hydrogens is 326 g/mol. The predicted molar refractivity (Wildman–Crippen MR) is 80.2 cm³/mol. The van der Waals surface area contributed by atoms with Gasteiger partial charge in [-0.25, -0.2) is 4.98 Å². The molecule has 0 amide bonds. The number of halogens is 2. The van der Waals surface area contributed by atoms with E-state index < -0.39 is 0 Å². The van der Waals surface area contributed by atoms with Crippen LogP contribution in [-0.2, 0) is 6.54 Å². The first kappa shape index (κ1) is 13.9. The zero-order chi connectivity index (χ0) is 13.8. The van der Waals surface area contributed by atoms with Gasteiger partial charge in [-0.05, 0) is 42.3 Å². The summed E-state index contributed by atoms with van der Waals surface area (Å²) in [4.78, 5) is 4.14. The number of hydrogen-bond donors (Lipinski definition) is 1. The molecule has 0 saturated carbocycles. The lowest BCUT2D eigenvalue weighted by atomic mass is 10.1. The molecular formula is C14H11BrClN3. The van der Waals surface area contributed by atoms with Crippen LogP contribution in [-0.4, -0.2) is 4.98 Å². The molecule has 1 N–H and O–H groups in total. The Labute approximate surface area is 125 Å². The van der Waals surface area contributed by atoms with Gasteiger partial charge in [0, 0.05) is 11.0 Å². The van der Waals surface area contributed by atoms with Crippen LogP contribution in [0, 0.1) is 18.3 Å². The van der Waals surface area contributed by atoms with Crippen LogP contribution >= 0.6 is 27.5 Å². The molecule has 19 heavy (non-hydrogen) atoms. The van der Waals surface area contributed by atoms with Crippen molar-refractivity contribution in [1.82, 2.24) is 4.98 Å². The Morgan fingerprint density at radius 3 is 2.89 bits per heavy atom. The van der Waals surface area contributed by atoms with Gasteiger partial charge in [-0.3, -0.25) is 0 Å². The molecule has 3 nitrogen and oxygen atoms in total. The van der Waals surface area contributed by atoms with Crippen LogP contribution in [0.1, 0.15) is 16.8 Å². The normalized spacial score (nSPS) is 10.0. The van der Waals surface area contributed by atoms with E-state index in [0.29, 0.717) is 17.4 Å². The van der Waals surface area contributed by atoms with Gasteiger partial charge in [-0.15, -0.1) is 0 Å². The van der Waals surface area contributed by atoms with Crippen LogP contribution in [0.4, 0.5) is 5.82 Å². The molecule has 2 rings (SSSR count). The van der Waals surface area contributed by atoms with Gasteiger partial charge in [0.25, 0.3) is 0 Å². The number of hydrogen-bond acceptors (Lipinski definition) is 3. The van der Waals surface area contributed by atoms with E-state index in [1.54, 1.807) is 12.1 Å². The molecule has 0 atom stereocenters. The second-order valence-corrected chi connectivity index (χ2v) is 5.39. The van der Waals surface area contributed by atoms with Crippen molar-refractivity contribution in [1.29, 1.82) is 5.26 Å². The van der Waals surface area contributed by atoms with E-state index in [4.69, 9.17) is 16.9 Å². The van der Waals surface area contributed by atoms with Crippen molar-refractivity contribution in [2.75, 3.05) is 5.32 Å². The summed E-state index contributed by atoms with van der Waals surface area (Å²) in [7, 11) is 0. The van der Waals surface area contributed by atoms with E-state index in [0.717, 1.165) is 4.47 Å². The number of benzene rings is 1. The maximum absolute atomic E-state index is 8.88. The predicted octanol–water partition coefficient (Wildman–Crippen LogP) is 4.29. The number of rotatable bonds is 3. The summed E-state index contributed by atoms with van der Waals surface area (Å²) in [5.74, 6) is 0.639. The van der Waals surface area contributed by atoms with Crippen molar-refractivity contribution in [2.24, 2.45) is 0 Å². The van der Waals surface area contributed by atoms with Gasteiger partial charge in [0.15, 0.2) is 5.69 Å². The van der Waals surface area contributed by atoms with Crippen molar-refractivity contribution in [3.05, 3.63) is 56.6 Å². The van der Waals surface area contributed by atoms with Gasteiger partial charge in [-0.1, -0.05) is 33.6 Å². The summed E-state index contributed by atoms with van der Waals surface area (Å²) < 4.78 is 1.04. The van der Waals surface area contributed by atoms with Crippen molar-refractivity contribution >= 4 is 33.3 Å². The van der Waals surface area contributed by atoms with Crippen LogP contribution in [0.2, 0.25) is 5.02 Å². The van der Waals surface area contributed by atoms with Gasteiger partial charge in [0.2, 0.25) is 0 Å². The first-order valence-corrected chi connectivity index (χ1v) is 6.83. The molecule has 0 aliphatic rings. The summed E-state index contributed by atoms with van der Waals surface area (Å²) in [6.07, 6.45) is 0. The molecule has 1 heterocycles. The Bertz CT molecular complexity index is 650. The minimum Gasteiger partial charge on any atom is -0.366 e. The smallest absolute Gasteiger partial charge is 0.161 e. The van der Waals surface area contributed by atoms with Crippen molar-refractivity contribution in [3.8, 4) is 6.07 Å². The molecule has 0 radical (unpaired) electrons. The highest BCUT2D eigenvalue weighted by molar-refractivity contribution is 9.10. The van der Waals surface area contributed by atoms with E-state index in [-0.39, 0.29) is 5.69 Å². The largest absolute Gasteiger partial charge is 0.366 e. The highest BCUT2D eigenvalue weighted by atomic mass is 79.9. The average molecular weight is 337 g/mol. The minimum atomic E-state index is 0.234. The van der Waals surface area contributed by atoms with E-state index in [9.17, 15) is 0 Å². The van der Waals surface area contributed by atoms with Gasteiger partial charge >= 0.3 is 0 Å². The average Bonchev–Trinajstić information content (AvgIpc) is 2.41. The van der Waals surface area contributed by atoms with E-state index in [1.807, 2.05) is 12.1 Å². The van der Waals surface area contributed by atoms with Crippen LogP contribution in [0.15, 0.2) is 34.8 Å². The lowest BCUT2D eigenvalue weighted by Crippen LogP contribution is -2.03. The Morgan fingerprint density at radius 2 is 2.16 bits per heavy atom. The van der Waals surface area contributed by atoms with E-state index >= 15 is 0 Å². The number of pyridine rings is 1. The molecule has 0 fully saturated rings. The van der Waals surface area contributed by atoms with Crippen molar-refractivity contribution < 1.29 is 0 Å². The lowest BCUT2D eigenvalue weighted by molar-refractivity contribution is 1.08. The minimum absolute atomic E-state index is 0.234. The standard InChI is InChI=1S/C14H11BrClN3/c1-9-2-3-11(15)6-10(9)8-18-14-5-4-12(16)13(7-17)19-14/h2-6H,8H2,1H3,(H,18,19). The number of aryl methyl sites for hydroxylation is 1. The topological polar surface area (TPSA) is 48.7 Å². The third-order valence-corrected chi connectivity index (χ3v) is 3.52. The van der Waals surface area contributed by atoms with E-state index in [2.05, 4.69) is 45.3 Å². The molecule has 0 aliphatic carbocycles. The SMILES string of the molecule is Cc1ccc(Br)cc1CNc1ccc(Cl)c(C#N)n1. The molecule has 96 valence electrons. The van der Waals surface area contributed by atoms with E-state index in [1.165, 1.54) is 11.1 Å². The fourth-order valence-corrected chi connectivity index (χ4v) is 2.19. The second kappa shape index (κ2) is 6.05. The zero-order valence-corrected chi connectivity index (χ0v) is 12.6. The molecule has 0 unspecified atom stereocenters. The Kier molecular flexibility index (Phi) is 4.41. The summed E-state index contributed by atoms with van der Waals surface area (Å²) >= 11 is 9.29. The van der Waals surface area contributed by atoms with Crippen molar-refractivity contribution in [3.63, 3.8) is 0 Å². The van der Waals surface area contributed by atoms with Crippen LogP contribution in [0.25, 0.3) is 0 Å². The third-order valence-electron chi connectivity index (χ3n) is 2.72. The molecule has 2 aromatic rings. The Morgan fingerprint density at radius 1 is 1.37 bits per heavy atom. The Balaban J connectivity index is 2.15. The van der Waals surface area contributed by atoms with Crippen molar-refractivity contribution in [2.45, 2.75) is 13.5 Å². The van der Waals surface area contributed by atoms with Crippen LogP contribution in [0.5, 0.6) is 0 Å². The molecule has 5 heteroatoms. The molecule has 0 spiro atoms. The summed E-state index contributed by atoms with van der Waals surface area (Å²) in [5.41, 5.74) is 2.60. The zero-order valence-electron chi connectivity index (χ0n) is 10.2. The first-order chi connectivity index (χ1) is 9.10. The number of aromatic nitrogens is 1. The highest BCUT2D eigenvalue weighted by Crippen LogP contribution is 2.19. The fourth-order valence-electron chi connectivity index (χ4n) is 1.64. The second-order valence-electron chi connectivity index (χ2n) is 4.06. The maximum Gasteiger partial charge on any atom is 0.161 e. The molecule has 1 aromatic heterocycles. The number of nitrogens with zero attached hydrogens (tertiary/aromatic N) is 2. The van der Waals surface area contributed by atoms with Crippen LogP contribution in [0.3, 0.4) is 0 Å². The van der Waals surface area contributed by atoms with Gasteiger partial charge in [-0.2, -0.15) is 5.26 Å². The maximum atomic E-state index is 8.88. The van der Waals surface area contributed by atoms with Gasteiger partial charge in [0.05, 0.1) is 5.02 Å². The third kappa shape index (κ3) is 3.46. The molecule has 0 bridgehead atoms.